The molecule has 0 unspecified atom stereocenters. The van der Waals surface area contributed by atoms with E-state index in [-0.39, 0.29) is 0 Å². The first-order chi connectivity index (χ1) is 27.9. The Labute approximate surface area is 349 Å². The Bertz CT molecular complexity index is 1870. The third kappa shape index (κ3) is 7.64. The molecule has 2 nitrogen and oxygen atoms in total. The van der Waals surface area contributed by atoms with Crippen molar-refractivity contribution in [1.82, 2.24) is 9.13 Å². The SMILES string of the molecule is FC(F)(F)C(F)(F)C(F)(F)C(F)(F)C(F)(F)C(F)(F)C(F)(F)C(F)(F)C(F)(F)Cn1c(S)c(S)n(CC(F)(F)C(F)(F)C(F)(F)C(F)(F)C(F)(F)C(F)(F)C(F)(F)C(F)(F)C(F)(F)F)c1=S. The summed E-state index contributed by atoms with van der Waals surface area (Å²) >= 11 is 9.40. The van der Waals surface area contributed by atoms with E-state index >= 15 is 0 Å². The molecular weight excluding hydrogens is 1120 g/mol. The van der Waals surface area contributed by atoms with E-state index in [9.17, 15) is 167 Å². The predicted octanol–water partition coefficient (Wildman–Crippen LogP) is 13.9. The fraction of sp³-hybridized carbons (Fsp3) is 0.870. The highest BCUT2D eigenvalue weighted by atomic mass is 32.1. The molecular formula is C23H6F38N2S3. The molecule has 0 aliphatic carbocycles. The summed E-state index contributed by atoms with van der Waals surface area (Å²) < 4.78 is 512. The maximum atomic E-state index is 14.6. The lowest BCUT2D eigenvalue weighted by Gasteiger charge is -2.43. The van der Waals surface area contributed by atoms with Crippen LogP contribution in [0.2, 0.25) is 0 Å². The summed E-state index contributed by atoms with van der Waals surface area (Å²) in [6.07, 6.45) is -16.5. The van der Waals surface area contributed by atoms with Gasteiger partial charge in [0.1, 0.15) is 10.1 Å². The lowest BCUT2D eigenvalue weighted by Crippen LogP contribution is -2.76. The van der Waals surface area contributed by atoms with Crippen molar-refractivity contribution in [2.75, 3.05) is 0 Å². The molecule has 0 aliphatic rings. The van der Waals surface area contributed by atoms with E-state index < -0.39 is 144 Å². The molecule has 0 amide bonds. The van der Waals surface area contributed by atoms with E-state index in [1.807, 2.05) is 0 Å². The summed E-state index contributed by atoms with van der Waals surface area (Å²) in [5.74, 6) is -144. The summed E-state index contributed by atoms with van der Waals surface area (Å²) in [7, 11) is 0. The van der Waals surface area contributed by atoms with Gasteiger partial charge in [-0.15, -0.1) is 25.3 Å². The van der Waals surface area contributed by atoms with Crippen LogP contribution in [0.5, 0.6) is 0 Å². The quantitative estimate of drug-likeness (QED) is 0.0847. The smallest absolute Gasteiger partial charge is 0.305 e. The number of hydrogen-bond donors (Lipinski definition) is 2. The Morgan fingerprint density at radius 2 is 0.394 bits per heavy atom. The van der Waals surface area contributed by atoms with Gasteiger partial charge in [0.2, 0.25) is 0 Å². The molecule has 0 aliphatic heterocycles. The third-order valence-corrected chi connectivity index (χ3v) is 9.77. The van der Waals surface area contributed by atoms with Crippen LogP contribution >= 0.6 is 37.5 Å². The molecule has 0 N–H and O–H groups in total. The van der Waals surface area contributed by atoms with Gasteiger partial charge >= 0.3 is 107 Å². The van der Waals surface area contributed by atoms with Crippen molar-refractivity contribution in [3.05, 3.63) is 4.77 Å². The van der Waals surface area contributed by atoms with Crippen molar-refractivity contribution in [3.63, 3.8) is 0 Å². The standard InChI is InChI=1S/C23H6F38N2S3/c24-6(25,8(28,29)10(32,33)12(36,37)14(40,41)16(44,45)18(48,49)20(52,53)22(56,57)58)1-62-3(64)4(65)63(5(62)66)2-7(26,27)9(30,31)11(34,35)13(38,39)15(42,43)17(46,47)19(50,51)21(54,55)23(59,60)61/h64-65H,1-2H2. The Balaban J connectivity index is 3.95. The molecule has 1 aromatic rings. The molecule has 0 bridgehead atoms. The minimum Gasteiger partial charge on any atom is -0.305 e. The average molecular weight is 1130 g/mol. The molecule has 392 valence electrons. The number of aromatic nitrogens is 2. The number of alkyl halides is 38. The zero-order valence-corrected chi connectivity index (χ0v) is 31.1. The van der Waals surface area contributed by atoms with E-state index in [2.05, 4.69) is 37.5 Å². The molecule has 0 fully saturated rings. The van der Waals surface area contributed by atoms with Gasteiger partial charge in [0.05, 0.1) is 13.1 Å². The molecule has 0 spiro atoms. The highest BCUT2D eigenvalue weighted by molar-refractivity contribution is 7.83. The molecule has 1 aromatic heterocycles. The van der Waals surface area contributed by atoms with Crippen molar-refractivity contribution in [1.29, 1.82) is 0 Å². The minimum atomic E-state index is -9.49. The van der Waals surface area contributed by atoms with Gasteiger partial charge in [-0.1, -0.05) is 0 Å². The van der Waals surface area contributed by atoms with Crippen molar-refractivity contribution < 1.29 is 167 Å². The first-order valence-corrected chi connectivity index (χ1v) is 15.6. The Hall–Kier alpha value is -2.53. The van der Waals surface area contributed by atoms with Gasteiger partial charge in [-0.2, -0.15) is 167 Å². The number of rotatable bonds is 18. The number of halogens is 38. The van der Waals surface area contributed by atoms with Crippen LogP contribution in [0.15, 0.2) is 10.1 Å². The molecule has 0 atom stereocenters. The summed E-state index contributed by atoms with van der Waals surface area (Å²) in [6, 6.07) is 0. The van der Waals surface area contributed by atoms with E-state index in [4.69, 9.17) is 0 Å². The fourth-order valence-electron chi connectivity index (χ4n) is 4.24. The third-order valence-electron chi connectivity index (χ3n) is 8.25. The van der Waals surface area contributed by atoms with Gasteiger partial charge in [0, 0.05) is 0 Å². The van der Waals surface area contributed by atoms with Gasteiger partial charge in [-0.05, 0) is 12.2 Å². The van der Waals surface area contributed by atoms with Gasteiger partial charge in [0.25, 0.3) is 0 Å². The maximum absolute atomic E-state index is 14.6. The van der Waals surface area contributed by atoms with E-state index in [0.29, 0.717) is 0 Å². The summed E-state index contributed by atoms with van der Waals surface area (Å²) in [5.41, 5.74) is 0. The van der Waals surface area contributed by atoms with Gasteiger partial charge in [-0.25, -0.2) is 0 Å². The van der Waals surface area contributed by atoms with Gasteiger partial charge < -0.3 is 9.13 Å². The van der Waals surface area contributed by atoms with Gasteiger partial charge in [0.15, 0.2) is 4.77 Å². The number of hydrogen-bond acceptors (Lipinski definition) is 3. The molecule has 1 rings (SSSR count). The van der Waals surface area contributed by atoms with Crippen molar-refractivity contribution >= 4 is 37.5 Å². The van der Waals surface area contributed by atoms with Crippen molar-refractivity contribution in [3.8, 4) is 0 Å². The topological polar surface area (TPSA) is 9.86 Å². The normalized spacial score (nSPS) is 16.7. The van der Waals surface area contributed by atoms with Crippen LogP contribution in [0, 0.1) is 4.77 Å². The summed E-state index contributed by atoms with van der Waals surface area (Å²) in [6.45, 7) is -8.19. The lowest BCUT2D eigenvalue weighted by atomic mass is 9.87. The maximum Gasteiger partial charge on any atom is 0.460 e. The molecule has 66 heavy (non-hydrogen) atoms. The van der Waals surface area contributed by atoms with Crippen LogP contribution < -0.4 is 0 Å². The fourth-order valence-corrected chi connectivity index (χ4v) is 5.26. The Kier molecular flexibility index (Phi) is 14.7. The Morgan fingerprint density at radius 3 is 0.545 bits per heavy atom. The second-order valence-electron chi connectivity index (χ2n) is 12.5. The van der Waals surface area contributed by atoms with Crippen LogP contribution in [0.1, 0.15) is 0 Å². The van der Waals surface area contributed by atoms with E-state index in [1.165, 1.54) is 0 Å². The molecule has 0 saturated carbocycles. The number of thiol groups is 2. The highest BCUT2D eigenvalue weighted by Gasteiger charge is 2.98. The minimum absolute atomic E-state index is 1.56. The number of nitrogens with zero attached hydrogens (tertiary/aromatic N) is 2. The van der Waals surface area contributed by atoms with Crippen LogP contribution in [-0.2, 0) is 13.1 Å². The molecule has 1 heterocycles. The largest absolute Gasteiger partial charge is 0.460 e. The summed E-state index contributed by atoms with van der Waals surface area (Å²) in [4.78, 5) is 0. The highest BCUT2D eigenvalue weighted by Crippen LogP contribution is 2.67. The summed E-state index contributed by atoms with van der Waals surface area (Å²) in [5, 5.41) is -4.65. The molecule has 0 aromatic carbocycles. The van der Waals surface area contributed by atoms with Crippen LogP contribution in [0.4, 0.5) is 167 Å². The molecule has 43 heteroatoms. The molecule has 0 saturated heterocycles. The van der Waals surface area contributed by atoms with Gasteiger partial charge in [-0.3, -0.25) is 0 Å². The molecule has 0 radical (unpaired) electrons. The predicted molar refractivity (Wildman–Crippen MR) is 139 cm³/mol. The van der Waals surface area contributed by atoms with E-state index in [1.54, 1.807) is 0 Å². The van der Waals surface area contributed by atoms with Crippen molar-refractivity contribution in [2.45, 2.75) is 130 Å². The first kappa shape index (κ1) is 61.5. The first-order valence-electron chi connectivity index (χ1n) is 14.3. The average Bonchev–Trinajstić information content (AvgIpc) is 3.27. The van der Waals surface area contributed by atoms with E-state index in [0.717, 1.165) is 0 Å². The zero-order chi connectivity index (χ0) is 54.3. The number of imidazole rings is 1. The van der Waals surface area contributed by atoms with Crippen LogP contribution in [-0.4, -0.2) is 116 Å². The Morgan fingerprint density at radius 1 is 0.258 bits per heavy atom. The second-order valence-corrected chi connectivity index (χ2v) is 13.8. The monoisotopic (exact) mass is 1130 g/mol. The van der Waals surface area contributed by atoms with Crippen LogP contribution in [0.3, 0.4) is 0 Å². The second kappa shape index (κ2) is 15.7. The van der Waals surface area contributed by atoms with Crippen LogP contribution in [0.25, 0.3) is 0 Å². The van der Waals surface area contributed by atoms with Crippen molar-refractivity contribution in [2.24, 2.45) is 0 Å². The lowest BCUT2D eigenvalue weighted by molar-refractivity contribution is -0.469. The zero-order valence-electron chi connectivity index (χ0n) is 28.5.